The highest BCUT2D eigenvalue weighted by molar-refractivity contribution is 14.0. The minimum atomic E-state index is -0.490. The molecule has 164 valence electrons. The molecule has 1 saturated heterocycles. The van der Waals surface area contributed by atoms with E-state index in [0.29, 0.717) is 13.1 Å². The third-order valence-electron chi connectivity index (χ3n) is 4.17. The molecule has 7 nitrogen and oxygen atoms in total. The molecule has 0 radical (unpaired) electrons. The van der Waals surface area contributed by atoms with E-state index in [2.05, 4.69) is 32.7 Å². The highest BCUT2D eigenvalue weighted by Crippen LogP contribution is 2.15. The lowest BCUT2D eigenvalue weighted by Crippen LogP contribution is -2.44. The molecule has 0 spiro atoms. The predicted octanol–water partition coefficient (Wildman–Crippen LogP) is 3.77. The summed E-state index contributed by atoms with van der Waals surface area (Å²) in [4.78, 5) is 18.5. The number of nitrogens with zero attached hydrogens (tertiary/aromatic N) is 2. The highest BCUT2D eigenvalue weighted by atomic mass is 127. The van der Waals surface area contributed by atoms with Crippen LogP contribution >= 0.6 is 24.0 Å². The van der Waals surface area contributed by atoms with Crippen molar-refractivity contribution in [2.24, 2.45) is 4.99 Å². The number of alkyl carbamates (subject to hydrolysis) is 1. The summed E-state index contributed by atoms with van der Waals surface area (Å²) in [7, 11) is 1.77. The number of nitrogens with one attached hydrogen (secondary N) is 2. The maximum atomic E-state index is 12.0. The summed E-state index contributed by atoms with van der Waals surface area (Å²) in [6, 6.07) is 8.12. The van der Waals surface area contributed by atoms with Gasteiger partial charge in [-0.25, -0.2) is 4.79 Å². The van der Waals surface area contributed by atoms with Crippen LogP contribution in [0.15, 0.2) is 29.3 Å². The van der Waals surface area contributed by atoms with Crippen LogP contribution in [0.25, 0.3) is 0 Å². The fourth-order valence-electron chi connectivity index (χ4n) is 3.02. The number of benzene rings is 1. The Labute approximate surface area is 191 Å². The summed E-state index contributed by atoms with van der Waals surface area (Å²) in [5.74, 6) is 1.70. The largest absolute Gasteiger partial charge is 0.491 e. The molecule has 8 heteroatoms. The van der Waals surface area contributed by atoms with E-state index in [1.54, 1.807) is 7.05 Å². The first-order valence-corrected chi connectivity index (χ1v) is 9.87. The molecule has 1 amide bonds. The van der Waals surface area contributed by atoms with Crippen LogP contribution in [0.1, 0.15) is 46.6 Å². The predicted molar refractivity (Wildman–Crippen MR) is 127 cm³/mol. The summed E-state index contributed by atoms with van der Waals surface area (Å²) >= 11 is 0. The number of guanidine groups is 1. The average molecular weight is 518 g/mol. The van der Waals surface area contributed by atoms with Gasteiger partial charge in [-0.05, 0) is 58.7 Å². The average Bonchev–Trinajstić information content (AvgIpc) is 3.03. The van der Waals surface area contributed by atoms with Gasteiger partial charge in [0.15, 0.2) is 5.96 Å². The van der Waals surface area contributed by atoms with Crippen molar-refractivity contribution in [3.63, 3.8) is 0 Å². The first-order chi connectivity index (χ1) is 13.2. The van der Waals surface area contributed by atoms with Gasteiger partial charge in [-0.1, -0.05) is 12.1 Å². The standard InChI is InChI=1S/C21H34N4O3.HI/c1-15(2)27-18-9-7-16(8-10-18)13-23-19(22-6)25-12-11-17(14-25)24-20(26)28-21(3,4)5;/h7-10,15,17H,11-14H2,1-6H3,(H,22,23)(H,24,26);1H. The number of aliphatic imine (C=N–C) groups is 1. The Kier molecular flexibility index (Phi) is 10.0. The van der Waals surface area contributed by atoms with Gasteiger partial charge in [0.05, 0.1) is 12.1 Å². The molecule has 1 aliphatic rings. The van der Waals surface area contributed by atoms with Gasteiger partial charge < -0.3 is 25.0 Å². The number of ether oxygens (including phenoxy) is 2. The quantitative estimate of drug-likeness (QED) is 0.353. The number of hydrogen-bond acceptors (Lipinski definition) is 4. The Hall–Kier alpha value is -1.71. The lowest BCUT2D eigenvalue weighted by molar-refractivity contribution is 0.0507. The number of likely N-dealkylation sites (tertiary alicyclic amines) is 1. The maximum Gasteiger partial charge on any atom is 0.407 e. The van der Waals surface area contributed by atoms with Crippen molar-refractivity contribution in [1.29, 1.82) is 0 Å². The molecule has 29 heavy (non-hydrogen) atoms. The summed E-state index contributed by atoms with van der Waals surface area (Å²) in [6.07, 6.45) is 0.660. The van der Waals surface area contributed by atoms with Crippen molar-refractivity contribution in [1.82, 2.24) is 15.5 Å². The zero-order valence-corrected chi connectivity index (χ0v) is 20.7. The van der Waals surface area contributed by atoms with Gasteiger partial charge in [-0.3, -0.25) is 4.99 Å². The second-order valence-electron chi connectivity index (χ2n) is 8.29. The molecule has 0 aliphatic carbocycles. The smallest absolute Gasteiger partial charge is 0.407 e. The normalized spacial score (nSPS) is 17.0. The van der Waals surface area contributed by atoms with Crippen molar-refractivity contribution in [3.8, 4) is 5.75 Å². The Morgan fingerprint density at radius 1 is 1.28 bits per heavy atom. The number of rotatable bonds is 5. The van der Waals surface area contributed by atoms with Crippen LogP contribution in [-0.2, 0) is 11.3 Å². The van der Waals surface area contributed by atoms with Crippen molar-refractivity contribution < 1.29 is 14.3 Å². The number of hydrogen-bond donors (Lipinski definition) is 2. The molecule has 0 saturated carbocycles. The fourth-order valence-corrected chi connectivity index (χ4v) is 3.02. The molecule has 2 N–H and O–H groups in total. The van der Waals surface area contributed by atoms with Crippen LogP contribution in [0.5, 0.6) is 5.75 Å². The van der Waals surface area contributed by atoms with E-state index < -0.39 is 5.60 Å². The summed E-state index contributed by atoms with van der Waals surface area (Å²) in [5.41, 5.74) is 0.662. The molecular weight excluding hydrogens is 483 g/mol. The molecule has 1 heterocycles. The minimum Gasteiger partial charge on any atom is -0.491 e. The zero-order valence-electron chi connectivity index (χ0n) is 18.3. The molecule has 1 aliphatic heterocycles. The minimum absolute atomic E-state index is 0. The van der Waals surface area contributed by atoms with Crippen LogP contribution in [-0.4, -0.2) is 54.8 Å². The number of carbonyl (C=O) groups excluding carboxylic acids is 1. The molecule has 1 aromatic rings. The summed E-state index contributed by atoms with van der Waals surface area (Å²) < 4.78 is 11.0. The molecule has 2 rings (SSSR count). The van der Waals surface area contributed by atoms with Gasteiger partial charge in [-0.15, -0.1) is 24.0 Å². The van der Waals surface area contributed by atoms with Crippen LogP contribution in [0, 0.1) is 0 Å². The van der Waals surface area contributed by atoms with E-state index in [-0.39, 0.29) is 42.2 Å². The van der Waals surface area contributed by atoms with Crippen LogP contribution in [0.2, 0.25) is 0 Å². The summed E-state index contributed by atoms with van der Waals surface area (Å²) in [5, 5.41) is 6.33. The maximum absolute atomic E-state index is 12.0. The van der Waals surface area contributed by atoms with Gasteiger partial charge in [-0.2, -0.15) is 0 Å². The number of carbonyl (C=O) groups is 1. The second-order valence-corrected chi connectivity index (χ2v) is 8.29. The van der Waals surface area contributed by atoms with E-state index in [1.165, 1.54) is 0 Å². The van der Waals surface area contributed by atoms with Gasteiger partial charge in [0.2, 0.25) is 0 Å². The Bertz CT molecular complexity index is 671. The van der Waals surface area contributed by atoms with Gasteiger partial charge in [0, 0.05) is 26.7 Å². The van der Waals surface area contributed by atoms with E-state index in [4.69, 9.17) is 9.47 Å². The third-order valence-corrected chi connectivity index (χ3v) is 4.17. The number of amides is 1. The van der Waals surface area contributed by atoms with Crippen LogP contribution in [0.3, 0.4) is 0 Å². The lowest BCUT2D eigenvalue weighted by atomic mass is 10.2. The van der Waals surface area contributed by atoms with Crippen LogP contribution < -0.4 is 15.4 Å². The van der Waals surface area contributed by atoms with Crippen molar-refractivity contribution in [2.75, 3.05) is 20.1 Å². The van der Waals surface area contributed by atoms with E-state index in [1.807, 2.05) is 46.8 Å². The monoisotopic (exact) mass is 518 g/mol. The van der Waals surface area contributed by atoms with Crippen molar-refractivity contribution >= 4 is 36.0 Å². The van der Waals surface area contributed by atoms with Crippen molar-refractivity contribution in [3.05, 3.63) is 29.8 Å². The van der Waals surface area contributed by atoms with Crippen molar-refractivity contribution in [2.45, 2.75) is 65.3 Å². The van der Waals surface area contributed by atoms with Gasteiger partial charge >= 0.3 is 6.09 Å². The molecule has 1 unspecified atom stereocenters. The number of halogens is 1. The Balaban J connectivity index is 0.00000420. The molecule has 1 atom stereocenters. The van der Waals surface area contributed by atoms with Gasteiger partial charge in [0.25, 0.3) is 0 Å². The fraction of sp³-hybridized carbons (Fsp3) is 0.619. The molecular formula is C21H35IN4O3. The molecule has 0 aromatic heterocycles. The van der Waals surface area contributed by atoms with E-state index in [0.717, 1.165) is 30.2 Å². The lowest BCUT2D eigenvalue weighted by Gasteiger charge is -2.23. The topological polar surface area (TPSA) is 75.2 Å². The molecule has 1 aromatic carbocycles. The Morgan fingerprint density at radius 3 is 2.48 bits per heavy atom. The third kappa shape index (κ3) is 9.10. The van der Waals surface area contributed by atoms with Gasteiger partial charge in [0.1, 0.15) is 11.4 Å². The molecule has 0 bridgehead atoms. The van der Waals surface area contributed by atoms with E-state index >= 15 is 0 Å². The molecule has 1 fully saturated rings. The SMILES string of the molecule is CN=C(NCc1ccc(OC(C)C)cc1)N1CCC(NC(=O)OC(C)(C)C)C1.I. The Morgan fingerprint density at radius 2 is 1.93 bits per heavy atom. The first-order valence-electron chi connectivity index (χ1n) is 9.87. The zero-order chi connectivity index (χ0) is 20.7. The van der Waals surface area contributed by atoms with E-state index in [9.17, 15) is 4.79 Å². The highest BCUT2D eigenvalue weighted by Gasteiger charge is 2.27. The summed E-state index contributed by atoms with van der Waals surface area (Å²) in [6.45, 7) is 11.8. The first kappa shape index (κ1) is 25.3. The van der Waals surface area contributed by atoms with Crippen LogP contribution in [0.4, 0.5) is 4.79 Å². The second kappa shape index (κ2) is 11.5.